The number of hydrogen-bond acceptors (Lipinski definition) is 0. The highest BCUT2D eigenvalue weighted by atomic mass is 19.1. The Morgan fingerprint density at radius 3 is 1.57 bits per heavy atom. The molecule has 7 heavy (non-hydrogen) atoms. The maximum Gasteiger partial charge on any atom is 0.0824 e. The van der Waals surface area contributed by atoms with Crippen molar-refractivity contribution in [2.75, 3.05) is 0 Å². The molecule has 2 heteroatoms. The third-order valence-electron chi connectivity index (χ3n) is 0.126. The zero-order chi connectivity index (χ0) is 6.12. The number of allylic oxidation sites excluding steroid dienone is 1. The standard InChI is InChI=1S/C3H5F.C2H3F/c1-2-3-4;1-2-3/h2-3H,1H3;2H,1H2/b3-2+;. The van der Waals surface area contributed by atoms with Gasteiger partial charge >= 0.3 is 0 Å². The fourth-order valence-corrected chi connectivity index (χ4v) is 0. The first-order chi connectivity index (χ1) is 3.33. The smallest absolute Gasteiger partial charge is 0.0824 e. The SMILES string of the molecule is C/C=C/F.C=CF. The van der Waals surface area contributed by atoms with Crippen molar-refractivity contribution in [2.45, 2.75) is 6.92 Å². The van der Waals surface area contributed by atoms with Crippen LogP contribution in [0.3, 0.4) is 0 Å². The van der Waals surface area contributed by atoms with Gasteiger partial charge in [-0.2, -0.15) is 0 Å². The van der Waals surface area contributed by atoms with Crippen LogP contribution in [0.1, 0.15) is 6.92 Å². The van der Waals surface area contributed by atoms with Crippen LogP contribution in [0.15, 0.2) is 25.3 Å². The molecule has 0 spiro atoms. The zero-order valence-electron chi connectivity index (χ0n) is 4.20. The minimum absolute atomic E-state index is 0.250. The average Bonchev–Trinajstić information content (AvgIpc) is 1.69. The van der Waals surface area contributed by atoms with E-state index in [4.69, 9.17) is 0 Å². The second kappa shape index (κ2) is 18.4. The lowest BCUT2D eigenvalue weighted by Gasteiger charge is -1.45. The van der Waals surface area contributed by atoms with Gasteiger partial charge in [-0.15, -0.1) is 0 Å². The van der Waals surface area contributed by atoms with E-state index in [0.717, 1.165) is 0 Å². The topological polar surface area (TPSA) is 0 Å². The number of rotatable bonds is 0. The molecular formula is C5H8F2. The van der Waals surface area contributed by atoms with Gasteiger partial charge in [-0.1, -0.05) is 12.7 Å². The van der Waals surface area contributed by atoms with E-state index in [1.165, 1.54) is 6.08 Å². The van der Waals surface area contributed by atoms with Crippen LogP contribution in [0.2, 0.25) is 0 Å². The van der Waals surface area contributed by atoms with E-state index in [2.05, 4.69) is 6.58 Å². The minimum atomic E-state index is 0.250. The van der Waals surface area contributed by atoms with Gasteiger partial charge in [0.2, 0.25) is 0 Å². The van der Waals surface area contributed by atoms with Gasteiger partial charge in [-0.3, -0.25) is 0 Å². The monoisotopic (exact) mass is 106 g/mol. The molecule has 0 heterocycles. The predicted octanol–water partition coefficient (Wildman–Crippen LogP) is 2.59. The van der Waals surface area contributed by atoms with Gasteiger partial charge in [-0.05, 0) is 6.92 Å². The molecule has 0 aliphatic carbocycles. The lowest BCUT2D eigenvalue weighted by molar-refractivity contribution is 0.719. The summed E-state index contributed by atoms with van der Waals surface area (Å²) in [5.41, 5.74) is 0. The molecule has 0 aromatic rings. The van der Waals surface area contributed by atoms with Gasteiger partial charge in [0, 0.05) is 0 Å². The summed E-state index contributed by atoms with van der Waals surface area (Å²) >= 11 is 0. The highest BCUT2D eigenvalue weighted by Crippen LogP contribution is 1.62. The van der Waals surface area contributed by atoms with Crippen molar-refractivity contribution in [2.24, 2.45) is 0 Å². The molecule has 42 valence electrons. The first-order valence-corrected chi connectivity index (χ1v) is 1.76. The van der Waals surface area contributed by atoms with E-state index in [9.17, 15) is 8.78 Å². The first kappa shape index (κ1) is 9.60. The molecule has 0 saturated heterocycles. The van der Waals surface area contributed by atoms with Crippen molar-refractivity contribution >= 4 is 0 Å². The van der Waals surface area contributed by atoms with Crippen LogP contribution in [0.25, 0.3) is 0 Å². The van der Waals surface area contributed by atoms with Gasteiger partial charge in [0.25, 0.3) is 0 Å². The summed E-state index contributed by atoms with van der Waals surface area (Å²) in [4.78, 5) is 0. The Bertz CT molecular complexity index is 44.0. The van der Waals surface area contributed by atoms with Gasteiger partial charge in [0.15, 0.2) is 0 Å². The second-order valence-corrected chi connectivity index (χ2v) is 0.614. The Labute approximate surface area is 42.2 Å². The summed E-state index contributed by atoms with van der Waals surface area (Å²) in [5, 5.41) is 0. The van der Waals surface area contributed by atoms with Crippen LogP contribution in [-0.2, 0) is 0 Å². The third-order valence-corrected chi connectivity index (χ3v) is 0.126. The molecular weight excluding hydrogens is 98.1 g/mol. The molecule has 0 N–H and O–H groups in total. The maximum atomic E-state index is 10.5. The van der Waals surface area contributed by atoms with Crippen LogP contribution < -0.4 is 0 Å². The van der Waals surface area contributed by atoms with Crippen LogP contribution in [-0.4, -0.2) is 0 Å². The van der Waals surface area contributed by atoms with E-state index in [-0.39, 0.29) is 6.33 Å². The third kappa shape index (κ3) is 515. The molecule has 0 saturated carbocycles. The fourth-order valence-electron chi connectivity index (χ4n) is 0. The highest BCUT2D eigenvalue weighted by molar-refractivity contribution is 4.61. The van der Waals surface area contributed by atoms with Gasteiger partial charge in [-0.25, -0.2) is 8.78 Å². The summed E-state index contributed by atoms with van der Waals surface area (Å²) in [7, 11) is 0. The van der Waals surface area contributed by atoms with Crippen molar-refractivity contribution < 1.29 is 8.78 Å². The quantitative estimate of drug-likeness (QED) is 0.445. The average molecular weight is 106 g/mol. The Morgan fingerprint density at radius 2 is 1.57 bits per heavy atom. The van der Waals surface area contributed by atoms with Crippen molar-refractivity contribution in [3.63, 3.8) is 0 Å². The summed E-state index contributed by atoms with van der Waals surface area (Å²) in [5.74, 6) is 0. The molecule has 0 atom stereocenters. The van der Waals surface area contributed by atoms with Crippen LogP contribution in [0, 0.1) is 0 Å². The molecule has 0 aliphatic heterocycles. The molecule has 0 nitrogen and oxygen atoms in total. The molecule has 0 amide bonds. The second-order valence-electron chi connectivity index (χ2n) is 0.614. The van der Waals surface area contributed by atoms with Gasteiger partial charge in [0.1, 0.15) is 0 Å². The molecule has 0 aliphatic rings. The molecule has 0 bridgehead atoms. The summed E-state index contributed by atoms with van der Waals surface area (Å²) in [6.07, 6.45) is 2.08. The van der Waals surface area contributed by atoms with Gasteiger partial charge in [0.05, 0.1) is 12.7 Å². The normalized spacial score (nSPS) is 7.29. The van der Waals surface area contributed by atoms with Crippen molar-refractivity contribution in [1.82, 2.24) is 0 Å². The molecule has 0 fully saturated rings. The Hall–Kier alpha value is -0.660. The fraction of sp³-hybridized carbons (Fsp3) is 0.200. The summed E-state index contributed by atoms with van der Waals surface area (Å²) in [6.45, 7) is 4.32. The highest BCUT2D eigenvalue weighted by Gasteiger charge is 1.38. The number of halogens is 2. The lowest BCUT2D eigenvalue weighted by atomic mass is 10.8. The zero-order valence-corrected chi connectivity index (χ0v) is 4.20. The Balaban J connectivity index is 0. The van der Waals surface area contributed by atoms with Gasteiger partial charge < -0.3 is 0 Å². The summed E-state index contributed by atoms with van der Waals surface area (Å²) in [6, 6.07) is 0. The maximum absolute atomic E-state index is 10.5. The predicted molar refractivity (Wildman–Crippen MR) is 27.2 cm³/mol. The van der Waals surface area contributed by atoms with Crippen LogP contribution in [0.5, 0.6) is 0 Å². The van der Waals surface area contributed by atoms with E-state index in [1.54, 1.807) is 6.92 Å². The lowest BCUT2D eigenvalue weighted by Crippen LogP contribution is -1.22. The largest absolute Gasteiger partial charge is 0.216 e. The molecule has 0 unspecified atom stereocenters. The van der Waals surface area contributed by atoms with Crippen molar-refractivity contribution in [3.8, 4) is 0 Å². The Morgan fingerprint density at radius 1 is 1.43 bits per heavy atom. The van der Waals surface area contributed by atoms with E-state index >= 15 is 0 Å². The van der Waals surface area contributed by atoms with Crippen molar-refractivity contribution in [1.29, 1.82) is 0 Å². The minimum Gasteiger partial charge on any atom is -0.216 e. The molecule has 0 radical (unpaired) electrons. The van der Waals surface area contributed by atoms with E-state index < -0.39 is 0 Å². The van der Waals surface area contributed by atoms with E-state index in [0.29, 0.717) is 6.33 Å². The number of hydrogen-bond donors (Lipinski definition) is 0. The van der Waals surface area contributed by atoms with Crippen molar-refractivity contribution in [3.05, 3.63) is 25.3 Å². The van der Waals surface area contributed by atoms with Crippen LogP contribution in [0.4, 0.5) is 8.78 Å². The Kier molecular flexibility index (Phi) is 25.2. The van der Waals surface area contributed by atoms with Crippen LogP contribution >= 0.6 is 0 Å². The molecule has 0 aromatic carbocycles. The summed E-state index contributed by atoms with van der Waals surface area (Å²) < 4.78 is 20.6. The van der Waals surface area contributed by atoms with E-state index in [1.807, 2.05) is 0 Å². The molecule has 0 aromatic heterocycles. The first-order valence-electron chi connectivity index (χ1n) is 1.76. The molecule has 0 rings (SSSR count).